The lowest BCUT2D eigenvalue weighted by Gasteiger charge is -2.06. The van der Waals surface area contributed by atoms with E-state index >= 15 is 0 Å². The van der Waals surface area contributed by atoms with Crippen LogP contribution in [0.4, 0.5) is 0 Å². The second kappa shape index (κ2) is 4.22. The first-order chi connectivity index (χ1) is 7.27. The molecule has 0 N–H and O–H groups in total. The highest BCUT2D eigenvalue weighted by atomic mass is 14.8. The zero-order valence-electron chi connectivity index (χ0n) is 8.90. The molecule has 0 saturated heterocycles. The summed E-state index contributed by atoms with van der Waals surface area (Å²) >= 11 is 0. The van der Waals surface area contributed by atoms with Crippen molar-refractivity contribution in [1.82, 2.24) is 4.98 Å². The standard InChI is InChI=1S/C13H14N2/c1-10(2)11-6-7-13(15-9-11)12-5-3-4-8-14-12/h5-9H,1,3-4H2,2H3. The van der Waals surface area contributed by atoms with Crippen LogP contribution in [0.3, 0.4) is 0 Å². The van der Waals surface area contributed by atoms with Crippen molar-refractivity contribution in [3.05, 3.63) is 42.2 Å². The van der Waals surface area contributed by atoms with Gasteiger partial charge < -0.3 is 0 Å². The first-order valence-electron chi connectivity index (χ1n) is 5.12. The van der Waals surface area contributed by atoms with Gasteiger partial charge in [-0.1, -0.05) is 18.7 Å². The van der Waals surface area contributed by atoms with Crippen molar-refractivity contribution in [3.8, 4) is 0 Å². The zero-order valence-corrected chi connectivity index (χ0v) is 8.90. The molecule has 0 atom stereocenters. The van der Waals surface area contributed by atoms with E-state index in [-0.39, 0.29) is 0 Å². The summed E-state index contributed by atoms with van der Waals surface area (Å²) in [5.41, 5.74) is 4.04. The average molecular weight is 198 g/mol. The highest BCUT2D eigenvalue weighted by Gasteiger charge is 2.03. The van der Waals surface area contributed by atoms with E-state index < -0.39 is 0 Å². The van der Waals surface area contributed by atoms with Gasteiger partial charge in [-0.3, -0.25) is 9.98 Å². The van der Waals surface area contributed by atoms with Crippen molar-refractivity contribution in [2.75, 3.05) is 0 Å². The Balaban J connectivity index is 2.27. The molecule has 0 spiro atoms. The quantitative estimate of drug-likeness (QED) is 0.715. The molecule has 2 heterocycles. The Morgan fingerprint density at radius 2 is 2.20 bits per heavy atom. The zero-order chi connectivity index (χ0) is 10.7. The number of hydrogen-bond donors (Lipinski definition) is 0. The van der Waals surface area contributed by atoms with Gasteiger partial charge in [0.15, 0.2) is 0 Å². The molecule has 1 aliphatic rings. The number of nitrogens with zero attached hydrogens (tertiary/aromatic N) is 2. The first kappa shape index (κ1) is 9.84. The van der Waals surface area contributed by atoms with Crippen LogP contribution in [-0.2, 0) is 0 Å². The Hall–Kier alpha value is -1.70. The van der Waals surface area contributed by atoms with E-state index in [1.54, 1.807) is 0 Å². The fourth-order valence-electron chi connectivity index (χ4n) is 1.48. The van der Waals surface area contributed by atoms with Crippen molar-refractivity contribution in [3.63, 3.8) is 0 Å². The number of rotatable bonds is 2. The van der Waals surface area contributed by atoms with E-state index in [4.69, 9.17) is 0 Å². The maximum Gasteiger partial charge on any atom is 0.0883 e. The molecule has 0 unspecified atom stereocenters. The van der Waals surface area contributed by atoms with Gasteiger partial charge in [0.25, 0.3) is 0 Å². The lowest BCUT2D eigenvalue weighted by molar-refractivity contribution is 1.08. The van der Waals surface area contributed by atoms with Crippen LogP contribution in [0.15, 0.2) is 36.0 Å². The van der Waals surface area contributed by atoms with Crippen LogP contribution in [-0.4, -0.2) is 11.2 Å². The summed E-state index contributed by atoms with van der Waals surface area (Å²) in [6, 6.07) is 4.04. The number of allylic oxidation sites excluding steroid dienone is 2. The molecule has 1 aliphatic heterocycles. The maximum atomic E-state index is 4.38. The third kappa shape index (κ3) is 2.21. The van der Waals surface area contributed by atoms with E-state index in [2.05, 4.69) is 22.6 Å². The van der Waals surface area contributed by atoms with Gasteiger partial charge in [-0.05, 0) is 37.0 Å². The van der Waals surface area contributed by atoms with Crippen LogP contribution in [0.2, 0.25) is 0 Å². The van der Waals surface area contributed by atoms with Crippen LogP contribution < -0.4 is 0 Å². The van der Waals surface area contributed by atoms with Gasteiger partial charge in [0.1, 0.15) is 0 Å². The molecule has 0 fully saturated rings. The Kier molecular flexibility index (Phi) is 2.77. The lowest BCUT2D eigenvalue weighted by Crippen LogP contribution is -1.92. The summed E-state index contributed by atoms with van der Waals surface area (Å²) in [5.74, 6) is 0. The highest BCUT2D eigenvalue weighted by Crippen LogP contribution is 2.19. The summed E-state index contributed by atoms with van der Waals surface area (Å²) in [6.07, 6.45) is 8.02. The molecule has 76 valence electrons. The van der Waals surface area contributed by atoms with Crippen LogP contribution in [0.1, 0.15) is 31.0 Å². The van der Waals surface area contributed by atoms with Crippen molar-refractivity contribution in [2.24, 2.45) is 4.99 Å². The minimum absolute atomic E-state index is 0.941. The van der Waals surface area contributed by atoms with Crippen molar-refractivity contribution < 1.29 is 0 Å². The number of aromatic nitrogens is 1. The third-order valence-electron chi connectivity index (χ3n) is 2.38. The maximum absolute atomic E-state index is 4.38. The molecule has 2 nitrogen and oxygen atoms in total. The van der Waals surface area contributed by atoms with E-state index in [0.717, 1.165) is 35.4 Å². The normalized spacial score (nSPS) is 14.9. The molecule has 1 aromatic rings. The van der Waals surface area contributed by atoms with Gasteiger partial charge >= 0.3 is 0 Å². The molecule has 1 aromatic heterocycles. The first-order valence-corrected chi connectivity index (χ1v) is 5.12. The van der Waals surface area contributed by atoms with Crippen molar-refractivity contribution in [1.29, 1.82) is 0 Å². The van der Waals surface area contributed by atoms with Crippen molar-refractivity contribution in [2.45, 2.75) is 19.8 Å². The van der Waals surface area contributed by atoms with Crippen LogP contribution >= 0.6 is 0 Å². The second-order valence-corrected chi connectivity index (χ2v) is 3.69. The van der Waals surface area contributed by atoms with Gasteiger partial charge in [0, 0.05) is 12.4 Å². The largest absolute Gasteiger partial charge is 0.259 e. The van der Waals surface area contributed by atoms with Gasteiger partial charge in [-0.25, -0.2) is 0 Å². The van der Waals surface area contributed by atoms with Gasteiger partial charge in [0.05, 0.1) is 11.4 Å². The molecular formula is C13H14N2. The van der Waals surface area contributed by atoms with Crippen LogP contribution in [0.5, 0.6) is 0 Å². The molecule has 2 heteroatoms. The minimum Gasteiger partial charge on any atom is -0.259 e. The Morgan fingerprint density at radius 3 is 2.73 bits per heavy atom. The van der Waals surface area contributed by atoms with Gasteiger partial charge in [-0.15, -0.1) is 0 Å². The van der Waals surface area contributed by atoms with E-state index in [0.29, 0.717) is 0 Å². The third-order valence-corrected chi connectivity index (χ3v) is 2.38. The fraction of sp³-hybridized carbons (Fsp3) is 0.231. The molecule has 0 amide bonds. The topological polar surface area (TPSA) is 25.2 Å². The monoisotopic (exact) mass is 198 g/mol. The van der Waals surface area contributed by atoms with Crippen molar-refractivity contribution >= 4 is 17.5 Å². The number of aliphatic imine (C=N–C) groups is 1. The number of hydrogen-bond acceptors (Lipinski definition) is 2. The highest BCUT2D eigenvalue weighted by molar-refractivity contribution is 5.75. The number of pyridine rings is 1. The fourth-order valence-corrected chi connectivity index (χ4v) is 1.48. The second-order valence-electron chi connectivity index (χ2n) is 3.69. The molecule has 0 saturated carbocycles. The molecule has 2 rings (SSSR count). The SMILES string of the molecule is C=C(C)c1ccc(C2=CCCC=N2)nc1. The molecule has 0 aliphatic carbocycles. The summed E-state index contributed by atoms with van der Waals surface area (Å²) in [6.45, 7) is 5.86. The predicted molar refractivity (Wildman–Crippen MR) is 64.6 cm³/mol. The van der Waals surface area contributed by atoms with Crippen LogP contribution in [0.25, 0.3) is 11.3 Å². The Morgan fingerprint density at radius 1 is 1.33 bits per heavy atom. The molecule has 0 aromatic carbocycles. The molecular weight excluding hydrogens is 184 g/mol. The van der Waals surface area contributed by atoms with E-state index in [1.807, 2.05) is 31.5 Å². The molecule has 0 bridgehead atoms. The summed E-state index contributed by atoms with van der Waals surface area (Å²) in [5, 5.41) is 0. The molecule has 0 radical (unpaired) electrons. The van der Waals surface area contributed by atoms with Gasteiger partial charge in [-0.2, -0.15) is 0 Å². The summed E-state index contributed by atoms with van der Waals surface area (Å²) < 4.78 is 0. The summed E-state index contributed by atoms with van der Waals surface area (Å²) in [4.78, 5) is 8.71. The average Bonchev–Trinajstić information content (AvgIpc) is 2.30. The minimum atomic E-state index is 0.941. The Bertz CT molecular complexity index is 424. The van der Waals surface area contributed by atoms with E-state index in [9.17, 15) is 0 Å². The lowest BCUT2D eigenvalue weighted by atomic mass is 10.1. The van der Waals surface area contributed by atoms with E-state index in [1.165, 1.54) is 0 Å². The smallest absolute Gasteiger partial charge is 0.0883 e. The van der Waals surface area contributed by atoms with Gasteiger partial charge in [0.2, 0.25) is 0 Å². The molecule has 15 heavy (non-hydrogen) atoms. The predicted octanol–water partition coefficient (Wildman–Crippen LogP) is 3.32. The van der Waals surface area contributed by atoms with Crippen LogP contribution in [0, 0.1) is 0 Å². The Labute approximate surface area is 90.1 Å². The summed E-state index contributed by atoms with van der Waals surface area (Å²) in [7, 11) is 0.